The third kappa shape index (κ3) is 8.73. The number of nitrogens with one attached hydrogen (secondary N) is 4. The maximum absolute atomic E-state index is 14.0. The van der Waals surface area contributed by atoms with Crippen molar-refractivity contribution in [3.8, 4) is 33.6 Å². The highest BCUT2D eigenvalue weighted by Crippen LogP contribution is 2.58. The van der Waals surface area contributed by atoms with Crippen LogP contribution in [0.1, 0.15) is 70.7 Å². The van der Waals surface area contributed by atoms with E-state index in [2.05, 4.69) is 75.7 Å². The summed E-state index contributed by atoms with van der Waals surface area (Å²) in [5.41, 5.74) is 6.65. The molecule has 0 unspecified atom stereocenters. The number of carbonyl (C=O) groups excluding carboxylic acids is 4. The van der Waals surface area contributed by atoms with Crippen molar-refractivity contribution in [2.45, 2.75) is 71.1 Å². The molecule has 3 aliphatic rings. The lowest BCUT2D eigenvalue weighted by Gasteiger charge is -2.30. The minimum absolute atomic E-state index is 0.103. The number of methoxy groups -OCH3 is 3. The molecule has 15 heteroatoms. The molecule has 0 bridgehead atoms. The van der Waals surface area contributed by atoms with Gasteiger partial charge in [0.05, 0.1) is 50.6 Å². The molecule has 4 amide bonds. The molecule has 4 N–H and O–H groups in total. The number of H-pyrrole nitrogens is 2. The Kier molecular flexibility index (Phi) is 12.4. The topological polar surface area (TPSA) is 184 Å². The number of imidazole rings is 2. The number of carbonyl (C=O) groups is 4. The number of benzene rings is 3. The number of ether oxygens (including phenoxy) is 3. The van der Waals surface area contributed by atoms with E-state index in [1.54, 1.807) is 18.2 Å². The van der Waals surface area contributed by atoms with E-state index >= 15 is 0 Å². The standard InChI is InChI=1S/C49H58N8O7/c1-27(2)40(54-47(60)63-7)45(58)56-24-36(25-62-6)29(5)42(56)44-51-22-37(53-44)31-11-9-30(10-12-31)32-13-14-34-20-35(16-15-33(34)19-32)38-23-50-43(52-38)39-21-49(17-18-49)26-57(39)46(59)41(28(3)4)55-48(61)64-8/h9-16,19-20,22-23,27-28,36,39-42H,5,17-18,21,24-26H2,1-4,6-8H3,(H,50,52)(H,51,53)(H,54,60)(H,55,61)/t36-,39-,40-,41-,42-/m0/s1. The van der Waals surface area contributed by atoms with Crippen LogP contribution in [0.25, 0.3) is 44.4 Å². The molecular formula is C49H58N8O7. The molecular weight excluding hydrogens is 813 g/mol. The van der Waals surface area contributed by atoms with E-state index in [1.165, 1.54) is 14.2 Å². The fourth-order valence-electron chi connectivity index (χ4n) is 9.32. The average Bonchev–Trinajstić information content (AvgIpc) is 3.72. The highest BCUT2D eigenvalue weighted by atomic mass is 16.5. The predicted octanol–water partition coefficient (Wildman–Crippen LogP) is 7.80. The van der Waals surface area contributed by atoms with Crippen LogP contribution >= 0.6 is 0 Å². The second-order valence-electron chi connectivity index (χ2n) is 18.2. The normalized spacial score (nSPS) is 20.0. The van der Waals surface area contributed by atoms with Gasteiger partial charge in [-0.3, -0.25) is 9.59 Å². The molecule has 3 fully saturated rings. The van der Waals surface area contributed by atoms with Crippen LogP contribution in [0.3, 0.4) is 0 Å². The molecule has 2 saturated heterocycles. The summed E-state index contributed by atoms with van der Waals surface area (Å²) in [7, 11) is 4.20. The Balaban J connectivity index is 0.974. The summed E-state index contributed by atoms with van der Waals surface area (Å²) in [4.78, 5) is 72.4. The van der Waals surface area contributed by atoms with Crippen molar-refractivity contribution in [3.05, 3.63) is 96.9 Å². The Labute approximate surface area is 373 Å². The van der Waals surface area contributed by atoms with Crippen LogP contribution in [0.2, 0.25) is 0 Å². The number of rotatable bonds is 13. The minimum atomic E-state index is -0.792. The molecule has 0 radical (unpaired) electrons. The zero-order valence-electron chi connectivity index (χ0n) is 37.6. The van der Waals surface area contributed by atoms with Gasteiger partial charge in [0.25, 0.3) is 0 Å². The summed E-state index contributed by atoms with van der Waals surface area (Å²) < 4.78 is 15.1. The van der Waals surface area contributed by atoms with E-state index < -0.39 is 30.3 Å². The molecule has 15 nitrogen and oxygen atoms in total. The lowest BCUT2D eigenvalue weighted by atomic mass is 9.98. The summed E-state index contributed by atoms with van der Waals surface area (Å²) >= 11 is 0. The van der Waals surface area contributed by atoms with E-state index in [4.69, 9.17) is 24.2 Å². The van der Waals surface area contributed by atoms with E-state index in [1.807, 2.05) is 50.9 Å². The first kappa shape index (κ1) is 44.1. The zero-order chi connectivity index (χ0) is 45.4. The number of likely N-dealkylation sites (tertiary alicyclic amines) is 2. The van der Waals surface area contributed by atoms with Crippen molar-refractivity contribution < 1.29 is 33.4 Å². The van der Waals surface area contributed by atoms with Gasteiger partial charge in [-0.15, -0.1) is 0 Å². The summed E-state index contributed by atoms with van der Waals surface area (Å²) in [5.74, 6) is 0.582. The van der Waals surface area contributed by atoms with E-state index in [0.717, 1.165) is 75.1 Å². The van der Waals surface area contributed by atoms with Crippen LogP contribution in [0.15, 0.2) is 85.2 Å². The minimum Gasteiger partial charge on any atom is -0.453 e. The fourth-order valence-corrected chi connectivity index (χ4v) is 9.32. The van der Waals surface area contributed by atoms with Gasteiger partial charge in [0.15, 0.2) is 0 Å². The molecule has 64 heavy (non-hydrogen) atoms. The highest BCUT2D eigenvalue weighted by Gasteiger charge is 2.55. The largest absolute Gasteiger partial charge is 0.453 e. The van der Waals surface area contributed by atoms with Crippen LogP contribution in [-0.4, -0.2) is 107 Å². The second kappa shape index (κ2) is 17.9. The van der Waals surface area contributed by atoms with Crippen molar-refractivity contribution in [2.75, 3.05) is 41.0 Å². The second-order valence-corrected chi connectivity index (χ2v) is 18.2. The van der Waals surface area contributed by atoms with Crippen LogP contribution in [0, 0.1) is 23.2 Å². The number of hydrogen-bond acceptors (Lipinski definition) is 9. The van der Waals surface area contributed by atoms with Crippen molar-refractivity contribution in [3.63, 3.8) is 0 Å². The Hall–Kier alpha value is -6.48. The summed E-state index contributed by atoms with van der Waals surface area (Å²) in [6.07, 6.45) is 5.32. The van der Waals surface area contributed by atoms with Gasteiger partial charge in [-0.05, 0) is 81.7 Å². The van der Waals surface area contributed by atoms with Gasteiger partial charge in [0.1, 0.15) is 29.8 Å². The van der Waals surface area contributed by atoms with Gasteiger partial charge in [0, 0.05) is 31.7 Å². The molecule has 5 atom stereocenters. The SMILES string of the molecule is C=C1[C@H](COC)CN(C(=O)[C@@H](NC(=O)OC)C(C)C)[C@@H]1c1ncc(-c2ccc(-c3ccc4cc(-c5cnc([C@@H]6CC7(CC7)CN6C(=O)[C@@H](NC(=O)OC)C(C)C)[nH]5)ccc4c3)cc2)[nH]1. The molecule has 5 aromatic rings. The number of fused-ring (bicyclic) bond motifs is 1. The fraction of sp³-hybridized carbons (Fsp3) is 0.429. The molecule has 336 valence electrons. The van der Waals surface area contributed by atoms with Crippen molar-refractivity contribution in [1.82, 2.24) is 40.4 Å². The number of aromatic nitrogens is 4. The number of hydrogen-bond donors (Lipinski definition) is 4. The first-order valence-corrected chi connectivity index (χ1v) is 22.0. The quantitative estimate of drug-likeness (QED) is 0.0858. The van der Waals surface area contributed by atoms with Crippen molar-refractivity contribution in [2.24, 2.45) is 23.2 Å². The number of nitrogens with zero attached hydrogens (tertiary/aromatic N) is 4. The van der Waals surface area contributed by atoms with Crippen LogP contribution in [0.4, 0.5) is 9.59 Å². The maximum atomic E-state index is 14.0. The molecule has 2 aliphatic heterocycles. The number of alkyl carbamates (subject to hydrolysis) is 2. The van der Waals surface area contributed by atoms with E-state index in [0.29, 0.717) is 25.5 Å². The average molecular weight is 871 g/mol. The Bertz CT molecular complexity index is 2560. The van der Waals surface area contributed by atoms with Crippen LogP contribution < -0.4 is 10.6 Å². The third-order valence-corrected chi connectivity index (χ3v) is 13.2. The summed E-state index contributed by atoms with van der Waals surface area (Å²) in [6, 6.07) is 18.8. The molecule has 1 aliphatic carbocycles. The first-order chi connectivity index (χ1) is 30.7. The zero-order valence-corrected chi connectivity index (χ0v) is 37.6. The van der Waals surface area contributed by atoms with Crippen LogP contribution in [-0.2, 0) is 23.8 Å². The van der Waals surface area contributed by atoms with E-state index in [9.17, 15) is 19.2 Å². The maximum Gasteiger partial charge on any atom is 0.407 e. The third-order valence-electron chi connectivity index (χ3n) is 13.2. The summed E-state index contributed by atoms with van der Waals surface area (Å²) in [5, 5.41) is 7.63. The molecule has 1 spiro atoms. The first-order valence-electron chi connectivity index (χ1n) is 22.0. The molecule has 8 rings (SSSR count). The predicted molar refractivity (Wildman–Crippen MR) is 243 cm³/mol. The van der Waals surface area contributed by atoms with Gasteiger partial charge < -0.3 is 44.6 Å². The molecule has 3 aromatic carbocycles. The highest BCUT2D eigenvalue weighted by molar-refractivity contribution is 5.91. The summed E-state index contributed by atoms with van der Waals surface area (Å²) in [6.45, 7) is 13.4. The van der Waals surface area contributed by atoms with Gasteiger partial charge in [-0.25, -0.2) is 19.6 Å². The van der Waals surface area contributed by atoms with E-state index in [-0.39, 0.29) is 41.0 Å². The lowest BCUT2D eigenvalue weighted by molar-refractivity contribution is -0.136. The van der Waals surface area contributed by atoms with Crippen molar-refractivity contribution in [1.29, 1.82) is 0 Å². The van der Waals surface area contributed by atoms with Gasteiger partial charge in [-0.2, -0.15) is 0 Å². The molecule has 1 saturated carbocycles. The number of aromatic amines is 2. The Morgan fingerprint density at radius 3 is 1.83 bits per heavy atom. The van der Waals surface area contributed by atoms with Gasteiger partial charge in [-0.1, -0.05) is 82.8 Å². The monoisotopic (exact) mass is 870 g/mol. The lowest BCUT2D eigenvalue weighted by Crippen LogP contribution is -2.51. The number of amides is 4. The molecule has 2 aromatic heterocycles. The van der Waals surface area contributed by atoms with Crippen LogP contribution in [0.5, 0.6) is 0 Å². The Morgan fingerprint density at radius 2 is 1.25 bits per heavy atom. The van der Waals surface area contributed by atoms with Crippen molar-refractivity contribution >= 4 is 34.8 Å². The van der Waals surface area contributed by atoms with Gasteiger partial charge in [0.2, 0.25) is 11.8 Å². The Morgan fingerprint density at radius 1 is 0.734 bits per heavy atom. The molecule has 4 heterocycles. The van der Waals surface area contributed by atoms with Gasteiger partial charge >= 0.3 is 12.2 Å². The smallest absolute Gasteiger partial charge is 0.407 e.